The zero-order chi connectivity index (χ0) is 22.4. The summed E-state index contributed by atoms with van der Waals surface area (Å²) >= 11 is 0. The molecule has 9 nitrogen and oxygen atoms in total. The van der Waals surface area contributed by atoms with Crippen molar-refractivity contribution in [1.29, 1.82) is 0 Å². The van der Waals surface area contributed by atoms with Gasteiger partial charge in [-0.25, -0.2) is 9.89 Å². The van der Waals surface area contributed by atoms with Gasteiger partial charge in [-0.05, 0) is 37.3 Å². The van der Waals surface area contributed by atoms with Crippen molar-refractivity contribution < 1.29 is 20.5 Å². The van der Waals surface area contributed by atoms with Crippen LogP contribution in [-0.2, 0) is 4.79 Å². The van der Waals surface area contributed by atoms with Gasteiger partial charge in [0.15, 0.2) is 6.10 Å². The number of aliphatic hydroxyl groups excluding tert-OH is 1. The van der Waals surface area contributed by atoms with Gasteiger partial charge in [0.2, 0.25) is 11.8 Å². The van der Waals surface area contributed by atoms with E-state index in [1.54, 1.807) is 24.3 Å². The van der Waals surface area contributed by atoms with E-state index in [0.29, 0.717) is 24.8 Å². The van der Waals surface area contributed by atoms with Crippen LogP contribution in [0.1, 0.15) is 69.7 Å². The Morgan fingerprint density at radius 1 is 1.26 bits per heavy atom. The molecule has 1 aliphatic carbocycles. The SMILES string of the molecule is CC(C)C[C@H](NC(=O)[C@@H]1CCCC[C@@H]1NC(=O)c1ccccc1)C(O)c1n[nH]c(=O)o1.[HH]. The molecule has 1 heterocycles. The van der Waals surface area contributed by atoms with Gasteiger partial charge in [-0.15, -0.1) is 5.10 Å². The summed E-state index contributed by atoms with van der Waals surface area (Å²) in [5.74, 6) is -1.60. The number of hydrogen-bond donors (Lipinski definition) is 4. The van der Waals surface area contributed by atoms with Crippen LogP contribution in [0.25, 0.3) is 0 Å². The van der Waals surface area contributed by atoms with Gasteiger partial charge in [-0.3, -0.25) is 9.59 Å². The van der Waals surface area contributed by atoms with Gasteiger partial charge >= 0.3 is 5.76 Å². The third-order valence-electron chi connectivity index (χ3n) is 5.60. The summed E-state index contributed by atoms with van der Waals surface area (Å²) in [7, 11) is 0. The van der Waals surface area contributed by atoms with Gasteiger partial charge in [0.1, 0.15) is 0 Å². The molecule has 1 unspecified atom stereocenters. The first-order chi connectivity index (χ1) is 14.8. The van der Waals surface area contributed by atoms with Gasteiger partial charge in [0, 0.05) is 13.0 Å². The molecule has 1 aliphatic rings. The lowest BCUT2D eigenvalue weighted by Gasteiger charge is -2.33. The third-order valence-corrected chi connectivity index (χ3v) is 5.60. The lowest BCUT2D eigenvalue weighted by molar-refractivity contribution is -0.128. The molecule has 0 aliphatic heterocycles. The predicted molar refractivity (Wildman–Crippen MR) is 115 cm³/mol. The van der Waals surface area contributed by atoms with Crippen LogP contribution in [0.15, 0.2) is 39.5 Å². The zero-order valence-electron chi connectivity index (χ0n) is 17.8. The topological polar surface area (TPSA) is 137 Å². The fourth-order valence-electron chi connectivity index (χ4n) is 4.06. The van der Waals surface area contributed by atoms with Crippen molar-refractivity contribution >= 4 is 11.8 Å². The molecule has 170 valence electrons. The summed E-state index contributed by atoms with van der Waals surface area (Å²) in [5, 5.41) is 22.4. The molecule has 0 bridgehead atoms. The number of nitrogens with one attached hydrogen (secondary N) is 3. The van der Waals surface area contributed by atoms with Crippen LogP contribution in [-0.4, -0.2) is 39.2 Å². The molecule has 1 aromatic heterocycles. The van der Waals surface area contributed by atoms with E-state index < -0.39 is 23.8 Å². The molecule has 1 aromatic carbocycles. The average molecular weight is 433 g/mol. The molecule has 0 spiro atoms. The number of H-pyrrole nitrogens is 1. The number of carbonyl (C=O) groups excluding carboxylic acids is 2. The number of benzene rings is 1. The van der Waals surface area contributed by atoms with Crippen molar-refractivity contribution in [3.05, 3.63) is 52.3 Å². The molecule has 0 radical (unpaired) electrons. The van der Waals surface area contributed by atoms with Crippen molar-refractivity contribution in [2.75, 3.05) is 0 Å². The van der Waals surface area contributed by atoms with Gasteiger partial charge in [0.05, 0.1) is 12.0 Å². The van der Waals surface area contributed by atoms with Crippen LogP contribution in [0.2, 0.25) is 0 Å². The Bertz CT molecular complexity index is 930. The maximum absolute atomic E-state index is 13.2. The Hall–Kier alpha value is -2.94. The Balaban J connectivity index is 0.00000363. The zero-order valence-corrected chi connectivity index (χ0v) is 17.8. The minimum Gasteiger partial charge on any atom is -0.390 e. The highest BCUT2D eigenvalue weighted by Crippen LogP contribution is 2.27. The number of hydrogen-bond acceptors (Lipinski definition) is 6. The van der Waals surface area contributed by atoms with E-state index in [1.165, 1.54) is 0 Å². The average Bonchev–Trinajstić information content (AvgIpc) is 3.19. The first-order valence-electron chi connectivity index (χ1n) is 10.7. The Labute approximate surface area is 182 Å². The quantitative estimate of drug-likeness (QED) is 0.504. The van der Waals surface area contributed by atoms with E-state index in [9.17, 15) is 19.5 Å². The van der Waals surface area contributed by atoms with Crippen LogP contribution in [0.3, 0.4) is 0 Å². The fourth-order valence-corrected chi connectivity index (χ4v) is 4.06. The van der Waals surface area contributed by atoms with Crippen LogP contribution < -0.4 is 16.4 Å². The molecular weight excluding hydrogens is 400 g/mol. The summed E-state index contributed by atoms with van der Waals surface area (Å²) in [6.07, 6.45) is 2.39. The van der Waals surface area contributed by atoms with Crippen LogP contribution in [0, 0.1) is 11.8 Å². The van der Waals surface area contributed by atoms with Crippen LogP contribution in [0.4, 0.5) is 0 Å². The first kappa shape index (κ1) is 22.7. The summed E-state index contributed by atoms with van der Waals surface area (Å²) in [5.41, 5.74) is 0.550. The lowest BCUT2D eigenvalue weighted by atomic mass is 9.83. The summed E-state index contributed by atoms with van der Waals surface area (Å²) in [6, 6.07) is 7.94. The normalized spacial score (nSPS) is 20.8. The van der Waals surface area contributed by atoms with Crippen molar-refractivity contribution in [3.63, 3.8) is 0 Å². The molecular formula is C22H32N4O5. The van der Waals surface area contributed by atoms with Gasteiger partial charge in [-0.1, -0.05) is 44.9 Å². The second-order valence-corrected chi connectivity index (χ2v) is 8.48. The van der Waals surface area contributed by atoms with E-state index in [0.717, 1.165) is 12.8 Å². The van der Waals surface area contributed by atoms with Crippen LogP contribution in [0.5, 0.6) is 0 Å². The second-order valence-electron chi connectivity index (χ2n) is 8.48. The highest BCUT2D eigenvalue weighted by molar-refractivity contribution is 5.94. The summed E-state index contributed by atoms with van der Waals surface area (Å²) in [4.78, 5) is 37.0. The van der Waals surface area contributed by atoms with Crippen molar-refractivity contribution in [1.82, 2.24) is 20.8 Å². The molecule has 4 N–H and O–H groups in total. The van der Waals surface area contributed by atoms with Crippen LogP contribution >= 0.6 is 0 Å². The molecule has 4 atom stereocenters. The standard InChI is InChI=1S/C22H30N4O5.H2/c1-13(2)12-17(18(27)21-25-26-22(30)31-21)24-20(29)15-10-6-7-11-16(15)23-19(28)14-8-4-3-5-9-14;/h3-5,8-9,13,15-18,27H,6-7,10-12H2,1-2H3,(H,23,28)(H,24,29)(H,26,30);1H/t15-,16+,17+,18?;/m1./s1. The predicted octanol–water partition coefficient (Wildman–Crippen LogP) is 2.16. The summed E-state index contributed by atoms with van der Waals surface area (Å²) in [6.45, 7) is 3.94. The van der Waals surface area contributed by atoms with E-state index >= 15 is 0 Å². The number of nitrogens with zero attached hydrogens (tertiary/aromatic N) is 1. The van der Waals surface area contributed by atoms with Gasteiger partial charge in [0.25, 0.3) is 5.91 Å². The second kappa shape index (κ2) is 10.4. The number of aliphatic hydroxyl groups is 1. The van der Waals surface area contributed by atoms with E-state index in [2.05, 4.69) is 20.8 Å². The van der Waals surface area contributed by atoms with E-state index in [4.69, 9.17) is 4.42 Å². The van der Waals surface area contributed by atoms with E-state index in [1.807, 2.05) is 19.9 Å². The largest absolute Gasteiger partial charge is 0.434 e. The van der Waals surface area contributed by atoms with E-state index in [-0.39, 0.29) is 31.1 Å². The number of aromatic nitrogens is 2. The Morgan fingerprint density at radius 2 is 1.97 bits per heavy atom. The highest BCUT2D eigenvalue weighted by atomic mass is 16.4. The molecule has 1 fully saturated rings. The molecule has 3 rings (SSSR count). The molecule has 2 amide bonds. The lowest BCUT2D eigenvalue weighted by Crippen LogP contribution is -2.51. The Morgan fingerprint density at radius 3 is 2.61 bits per heavy atom. The number of rotatable bonds is 8. The van der Waals surface area contributed by atoms with Crippen molar-refractivity contribution in [2.45, 2.75) is 64.1 Å². The molecule has 31 heavy (non-hydrogen) atoms. The minimum absolute atomic E-state index is 0. The maximum atomic E-state index is 13.2. The third kappa shape index (κ3) is 6.04. The number of aromatic amines is 1. The highest BCUT2D eigenvalue weighted by Gasteiger charge is 2.35. The molecule has 9 heteroatoms. The Kier molecular flexibility index (Phi) is 7.62. The molecule has 0 saturated heterocycles. The fraction of sp³-hybridized carbons (Fsp3) is 0.545. The first-order valence-corrected chi connectivity index (χ1v) is 10.7. The minimum atomic E-state index is -1.26. The van der Waals surface area contributed by atoms with Gasteiger partial charge < -0.3 is 20.2 Å². The van der Waals surface area contributed by atoms with Crippen molar-refractivity contribution in [3.8, 4) is 0 Å². The number of carbonyl (C=O) groups is 2. The molecule has 1 saturated carbocycles. The monoisotopic (exact) mass is 432 g/mol. The van der Waals surface area contributed by atoms with Gasteiger partial charge in [-0.2, -0.15) is 0 Å². The van der Waals surface area contributed by atoms with Crippen molar-refractivity contribution in [2.24, 2.45) is 11.8 Å². The maximum Gasteiger partial charge on any atom is 0.434 e. The number of amides is 2. The molecule has 2 aromatic rings. The smallest absolute Gasteiger partial charge is 0.390 e. The summed E-state index contributed by atoms with van der Waals surface area (Å²) < 4.78 is 4.88.